The van der Waals surface area contributed by atoms with Crippen LogP contribution in [0.15, 0.2) is 71.2 Å². The lowest BCUT2D eigenvalue weighted by Crippen LogP contribution is -2.36. The molecule has 0 fully saturated rings. The second-order valence-corrected chi connectivity index (χ2v) is 9.11. The minimum absolute atomic E-state index is 0.0787. The Labute approximate surface area is 217 Å². The minimum Gasteiger partial charge on any atom is -0.319 e. The SMILES string of the molecule is O=C(Nc1cccc(Cl)c1Cl)C(=O)Nn1c(C(=O)Nc2ccccc2Cl)cc2cc(Br)ccc21. The zero-order valence-electron chi connectivity index (χ0n) is 17.0. The number of hydrogen-bond acceptors (Lipinski definition) is 3. The smallest absolute Gasteiger partial charge is 0.319 e. The summed E-state index contributed by atoms with van der Waals surface area (Å²) in [7, 11) is 0. The van der Waals surface area contributed by atoms with E-state index in [2.05, 4.69) is 32.0 Å². The van der Waals surface area contributed by atoms with Crippen LogP contribution in [0.2, 0.25) is 15.1 Å². The molecule has 7 nitrogen and oxygen atoms in total. The van der Waals surface area contributed by atoms with Gasteiger partial charge in [-0.2, -0.15) is 0 Å². The third-order valence-corrected chi connectivity index (χ3v) is 6.38. The first-order valence-corrected chi connectivity index (χ1v) is 11.6. The van der Waals surface area contributed by atoms with Gasteiger partial charge in [-0.25, -0.2) is 4.68 Å². The molecule has 0 atom stereocenters. The first-order chi connectivity index (χ1) is 16.2. The lowest BCUT2D eigenvalue weighted by atomic mass is 10.2. The zero-order chi connectivity index (χ0) is 24.4. The maximum atomic E-state index is 13.1. The summed E-state index contributed by atoms with van der Waals surface area (Å²) < 4.78 is 2.00. The molecule has 0 saturated carbocycles. The van der Waals surface area contributed by atoms with Gasteiger partial charge in [-0.1, -0.05) is 68.9 Å². The Balaban J connectivity index is 1.65. The lowest BCUT2D eigenvalue weighted by molar-refractivity contribution is -0.133. The van der Waals surface area contributed by atoms with Gasteiger partial charge in [-0.15, -0.1) is 0 Å². The summed E-state index contributed by atoms with van der Waals surface area (Å²) >= 11 is 21.6. The van der Waals surface area contributed by atoms with E-state index in [0.717, 1.165) is 4.47 Å². The quantitative estimate of drug-likeness (QED) is 0.247. The van der Waals surface area contributed by atoms with Crippen LogP contribution in [0.3, 0.4) is 0 Å². The fourth-order valence-corrected chi connectivity index (χ4v) is 4.06. The number of hydrogen-bond donors (Lipinski definition) is 3. The number of nitrogens with zero attached hydrogens (tertiary/aromatic N) is 1. The molecule has 0 unspecified atom stereocenters. The molecule has 4 rings (SSSR count). The summed E-state index contributed by atoms with van der Waals surface area (Å²) in [6.45, 7) is 0. The maximum Gasteiger partial charge on any atom is 0.328 e. The Bertz CT molecular complexity index is 1450. The number of fused-ring (bicyclic) bond motifs is 1. The van der Waals surface area contributed by atoms with Crippen LogP contribution in [-0.2, 0) is 9.59 Å². The highest BCUT2D eigenvalue weighted by Crippen LogP contribution is 2.29. The molecule has 1 heterocycles. The van der Waals surface area contributed by atoms with E-state index in [1.807, 2.05) is 0 Å². The van der Waals surface area contributed by atoms with Crippen LogP contribution in [0.5, 0.6) is 0 Å². The van der Waals surface area contributed by atoms with E-state index in [1.165, 1.54) is 10.7 Å². The monoisotopic (exact) mass is 578 g/mol. The zero-order valence-corrected chi connectivity index (χ0v) is 20.9. The van der Waals surface area contributed by atoms with Crippen LogP contribution in [0.25, 0.3) is 10.9 Å². The highest BCUT2D eigenvalue weighted by molar-refractivity contribution is 9.10. The number of anilines is 2. The van der Waals surface area contributed by atoms with E-state index >= 15 is 0 Å². The fraction of sp³-hybridized carbons (Fsp3) is 0. The molecule has 0 aliphatic rings. The Kier molecular flexibility index (Phi) is 7.13. The topological polar surface area (TPSA) is 92.2 Å². The van der Waals surface area contributed by atoms with E-state index < -0.39 is 17.7 Å². The van der Waals surface area contributed by atoms with Gasteiger partial charge in [0.05, 0.1) is 32.0 Å². The summed E-state index contributed by atoms with van der Waals surface area (Å²) in [4.78, 5) is 38.4. The largest absolute Gasteiger partial charge is 0.328 e. The number of halogens is 4. The number of rotatable bonds is 4. The van der Waals surface area contributed by atoms with Crippen LogP contribution < -0.4 is 16.1 Å². The summed E-state index contributed by atoms with van der Waals surface area (Å²) in [5.74, 6) is -2.57. The highest BCUT2D eigenvalue weighted by Gasteiger charge is 2.22. The van der Waals surface area contributed by atoms with Gasteiger partial charge in [0.15, 0.2) is 0 Å². The molecule has 11 heteroatoms. The van der Waals surface area contributed by atoms with Crippen molar-refractivity contribution in [1.29, 1.82) is 0 Å². The van der Waals surface area contributed by atoms with E-state index in [0.29, 0.717) is 21.6 Å². The van der Waals surface area contributed by atoms with Crippen molar-refractivity contribution in [1.82, 2.24) is 4.68 Å². The number of carbonyl (C=O) groups excluding carboxylic acids is 3. The summed E-state index contributed by atoms with van der Waals surface area (Å²) in [5, 5.41) is 6.44. The van der Waals surface area contributed by atoms with Crippen molar-refractivity contribution < 1.29 is 14.4 Å². The average Bonchev–Trinajstić information content (AvgIpc) is 3.15. The van der Waals surface area contributed by atoms with Crippen molar-refractivity contribution in [3.8, 4) is 0 Å². The molecule has 0 spiro atoms. The van der Waals surface area contributed by atoms with Crippen LogP contribution in [-0.4, -0.2) is 22.4 Å². The lowest BCUT2D eigenvalue weighted by Gasteiger charge is -2.13. The van der Waals surface area contributed by atoms with Gasteiger partial charge in [0.2, 0.25) is 0 Å². The number of benzene rings is 3. The molecule has 3 aromatic carbocycles. The van der Waals surface area contributed by atoms with Gasteiger partial charge in [0.25, 0.3) is 5.91 Å². The third kappa shape index (κ3) is 5.05. The van der Waals surface area contributed by atoms with Crippen molar-refractivity contribution >= 4 is 90.7 Å². The molecule has 34 heavy (non-hydrogen) atoms. The average molecular weight is 581 g/mol. The summed E-state index contributed by atoms with van der Waals surface area (Å²) in [6.07, 6.45) is 0. The van der Waals surface area contributed by atoms with Gasteiger partial charge < -0.3 is 10.6 Å². The summed E-state index contributed by atoms with van der Waals surface area (Å²) in [5.41, 5.74) is 3.61. The van der Waals surface area contributed by atoms with Gasteiger partial charge >= 0.3 is 11.8 Å². The maximum absolute atomic E-state index is 13.1. The Hall–Kier alpha value is -3.04. The first-order valence-electron chi connectivity index (χ1n) is 9.68. The van der Waals surface area contributed by atoms with Crippen molar-refractivity contribution in [2.75, 3.05) is 16.1 Å². The molecular formula is C23H14BrCl3N4O3. The van der Waals surface area contributed by atoms with Crippen LogP contribution in [0, 0.1) is 0 Å². The van der Waals surface area contributed by atoms with Crippen molar-refractivity contribution in [2.45, 2.75) is 0 Å². The Morgan fingerprint density at radius 1 is 0.765 bits per heavy atom. The van der Waals surface area contributed by atoms with Gasteiger partial charge in [-0.3, -0.25) is 19.8 Å². The molecule has 0 saturated heterocycles. The normalized spacial score (nSPS) is 10.7. The number of para-hydroxylation sites is 1. The Morgan fingerprint density at radius 3 is 2.24 bits per heavy atom. The molecule has 172 valence electrons. The molecule has 3 amide bonds. The van der Waals surface area contributed by atoms with Crippen molar-refractivity contribution in [3.05, 3.63) is 92.0 Å². The van der Waals surface area contributed by atoms with Crippen molar-refractivity contribution in [2.24, 2.45) is 0 Å². The Morgan fingerprint density at radius 2 is 1.47 bits per heavy atom. The van der Waals surface area contributed by atoms with Crippen LogP contribution in [0.1, 0.15) is 10.5 Å². The third-order valence-electron chi connectivity index (χ3n) is 4.74. The van der Waals surface area contributed by atoms with Gasteiger partial charge in [0, 0.05) is 9.86 Å². The van der Waals surface area contributed by atoms with Crippen molar-refractivity contribution in [3.63, 3.8) is 0 Å². The minimum atomic E-state index is -1.02. The molecule has 0 radical (unpaired) electrons. The first kappa shape index (κ1) is 24.1. The molecule has 0 aliphatic carbocycles. The number of amides is 3. The molecular weight excluding hydrogens is 567 g/mol. The van der Waals surface area contributed by atoms with Crippen LogP contribution >= 0.6 is 50.7 Å². The molecule has 0 bridgehead atoms. The standard InChI is InChI=1S/C23H14BrCl3N4O3/c24-13-8-9-18-12(10-13)11-19(21(32)28-16-6-2-1-4-14(16)25)31(18)30-23(34)22(33)29-17-7-3-5-15(26)20(17)27/h1-11H,(H,28,32)(H,29,33)(H,30,34). The van der Waals surface area contributed by atoms with Crippen LogP contribution in [0.4, 0.5) is 11.4 Å². The van der Waals surface area contributed by atoms with E-state index in [-0.39, 0.29) is 21.4 Å². The number of nitrogens with one attached hydrogen (secondary N) is 3. The second kappa shape index (κ2) is 10.1. The predicted molar refractivity (Wildman–Crippen MR) is 139 cm³/mol. The molecule has 0 aliphatic heterocycles. The fourth-order valence-electron chi connectivity index (χ4n) is 3.15. The number of carbonyl (C=O) groups is 3. The predicted octanol–water partition coefficient (Wildman–Crippen LogP) is 6.33. The molecule has 3 N–H and O–H groups in total. The number of aromatic nitrogens is 1. The molecule has 4 aromatic rings. The van der Waals surface area contributed by atoms with Gasteiger partial charge in [0.1, 0.15) is 5.69 Å². The van der Waals surface area contributed by atoms with E-state index in [9.17, 15) is 14.4 Å². The van der Waals surface area contributed by atoms with Gasteiger partial charge in [-0.05, 0) is 48.5 Å². The highest BCUT2D eigenvalue weighted by atomic mass is 79.9. The van der Waals surface area contributed by atoms with E-state index in [1.54, 1.807) is 60.7 Å². The second-order valence-electron chi connectivity index (χ2n) is 7.00. The molecule has 1 aromatic heterocycles. The summed E-state index contributed by atoms with van der Waals surface area (Å²) in [6, 6.07) is 18.2. The van der Waals surface area contributed by atoms with E-state index in [4.69, 9.17) is 34.8 Å².